The maximum absolute atomic E-state index is 9.54. The monoisotopic (exact) mass is 351 g/mol. The minimum absolute atomic E-state index is 0.492. The summed E-state index contributed by atoms with van der Waals surface area (Å²) in [5, 5.41) is 14.1. The van der Waals surface area contributed by atoms with Gasteiger partial charge in [0.1, 0.15) is 6.07 Å². The van der Waals surface area contributed by atoms with Crippen LogP contribution >= 0.6 is 0 Å². The third kappa shape index (κ3) is 3.29. The van der Waals surface area contributed by atoms with Gasteiger partial charge in [0.2, 0.25) is 0 Å². The standard InChI is InChI=1S/C22H17N5/c1-15-19-9-11-26-21(19)8-7-20(15)27-22-16(13-24-14-17(22)12-23)5-6-18-4-2-3-10-25-18/h2-11,13-14,26H,1H3,(H,24,27)/b6-5+. The van der Waals surface area contributed by atoms with Gasteiger partial charge in [0.05, 0.1) is 16.9 Å². The summed E-state index contributed by atoms with van der Waals surface area (Å²) in [6.45, 7) is 2.06. The fourth-order valence-electron chi connectivity index (χ4n) is 3.03. The van der Waals surface area contributed by atoms with Gasteiger partial charge >= 0.3 is 0 Å². The van der Waals surface area contributed by atoms with Crippen LogP contribution in [0.3, 0.4) is 0 Å². The molecule has 5 heteroatoms. The van der Waals surface area contributed by atoms with Gasteiger partial charge < -0.3 is 10.3 Å². The molecule has 3 aromatic heterocycles. The van der Waals surface area contributed by atoms with Crippen LogP contribution < -0.4 is 5.32 Å². The first-order valence-electron chi connectivity index (χ1n) is 8.57. The Labute approximate surface area is 157 Å². The number of H-pyrrole nitrogens is 1. The van der Waals surface area contributed by atoms with Crippen molar-refractivity contribution in [1.82, 2.24) is 15.0 Å². The van der Waals surface area contributed by atoms with Crippen LogP contribution in [-0.2, 0) is 0 Å². The predicted octanol–water partition coefficient (Wildman–Crippen LogP) is 5.05. The number of hydrogen-bond acceptors (Lipinski definition) is 4. The Kier molecular flexibility index (Phi) is 4.38. The summed E-state index contributed by atoms with van der Waals surface area (Å²) in [7, 11) is 0. The number of benzene rings is 1. The molecule has 2 N–H and O–H groups in total. The maximum Gasteiger partial charge on any atom is 0.103 e. The second-order valence-corrected chi connectivity index (χ2v) is 6.15. The molecule has 0 atom stereocenters. The lowest BCUT2D eigenvalue weighted by atomic mass is 10.1. The first-order chi connectivity index (χ1) is 13.3. The first-order valence-corrected chi connectivity index (χ1v) is 8.57. The summed E-state index contributed by atoms with van der Waals surface area (Å²) in [6.07, 6.45) is 10.8. The number of nitrogens with zero attached hydrogens (tertiary/aromatic N) is 3. The van der Waals surface area contributed by atoms with E-state index in [1.165, 1.54) is 0 Å². The fourth-order valence-corrected chi connectivity index (χ4v) is 3.03. The number of hydrogen-bond donors (Lipinski definition) is 2. The number of fused-ring (bicyclic) bond motifs is 1. The van der Waals surface area contributed by atoms with Crippen LogP contribution in [0.1, 0.15) is 22.4 Å². The van der Waals surface area contributed by atoms with E-state index in [1.54, 1.807) is 18.6 Å². The third-order valence-corrected chi connectivity index (χ3v) is 4.48. The highest BCUT2D eigenvalue weighted by Crippen LogP contribution is 2.30. The normalized spacial score (nSPS) is 11.0. The maximum atomic E-state index is 9.54. The molecule has 0 radical (unpaired) electrons. The van der Waals surface area contributed by atoms with Gasteiger partial charge in [-0.2, -0.15) is 5.26 Å². The number of nitriles is 1. The number of aromatic nitrogens is 3. The molecule has 0 amide bonds. The molecule has 1 aromatic carbocycles. The number of pyridine rings is 2. The van der Waals surface area contributed by atoms with Crippen LogP contribution in [-0.4, -0.2) is 15.0 Å². The number of rotatable bonds is 4. The van der Waals surface area contributed by atoms with Crippen molar-refractivity contribution >= 4 is 34.4 Å². The topological polar surface area (TPSA) is 77.4 Å². The van der Waals surface area contributed by atoms with E-state index >= 15 is 0 Å². The molecule has 0 saturated carbocycles. The smallest absolute Gasteiger partial charge is 0.103 e. The lowest BCUT2D eigenvalue weighted by Gasteiger charge is -2.14. The highest BCUT2D eigenvalue weighted by Gasteiger charge is 2.11. The van der Waals surface area contributed by atoms with Crippen LogP contribution in [0.5, 0.6) is 0 Å². The predicted molar refractivity (Wildman–Crippen MR) is 108 cm³/mol. The second kappa shape index (κ2) is 7.14. The van der Waals surface area contributed by atoms with Crippen molar-refractivity contribution in [2.45, 2.75) is 6.92 Å². The molecule has 130 valence electrons. The van der Waals surface area contributed by atoms with E-state index in [2.05, 4.69) is 39.3 Å². The fraction of sp³-hybridized carbons (Fsp3) is 0.0455. The average molecular weight is 351 g/mol. The summed E-state index contributed by atoms with van der Waals surface area (Å²) in [5.41, 5.74) is 6.06. The van der Waals surface area contributed by atoms with Crippen LogP contribution in [0.15, 0.2) is 61.2 Å². The molecule has 0 aliphatic rings. The SMILES string of the molecule is Cc1c(Nc2c(C#N)cncc2/C=C/c2ccccn2)ccc2[nH]ccc12. The van der Waals surface area contributed by atoms with Gasteiger partial charge in [-0.25, -0.2) is 0 Å². The Balaban J connectivity index is 1.76. The zero-order chi connectivity index (χ0) is 18.6. The van der Waals surface area contributed by atoms with Crippen LogP contribution in [0.2, 0.25) is 0 Å². The number of aromatic amines is 1. The number of anilines is 2. The van der Waals surface area contributed by atoms with Gasteiger partial charge in [0.15, 0.2) is 0 Å². The summed E-state index contributed by atoms with van der Waals surface area (Å²) < 4.78 is 0. The van der Waals surface area contributed by atoms with Crippen molar-refractivity contribution in [3.05, 3.63) is 83.6 Å². The molecule has 4 rings (SSSR count). The number of nitrogens with one attached hydrogen (secondary N) is 2. The molecule has 5 nitrogen and oxygen atoms in total. The van der Waals surface area contributed by atoms with E-state index in [1.807, 2.05) is 48.7 Å². The highest BCUT2D eigenvalue weighted by molar-refractivity contribution is 5.90. The number of aryl methyl sites for hydroxylation is 1. The van der Waals surface area contributed by atoms with E-state index < -0.39 is 0 Å². The zero-order valence-corrected chi connectivity index (χ0v) is 14.8. The zero-order valence-electron chi connectivity index (χ0n) is 14.8. The van der Waals surface area contributed by atoms with Gasteiger partial charge in [0.25, 0.3) is 0 Å². The molecular weight excluding hydrogens is 334 g/mol. The van der Waals surface area contributed by atoms with Gasteiger partial charge in [-0.3, -0.25) is 9.97 Å². The van der Waals surface area contributed by atoms with Crippen LogP contribution in [0.4, 0.5) is 11.4 Å². The Morgan fingerprint density at radius 3 is 2.85 bits per heavy atom. The van der Waals surface area contributed by atoms with Gasteiger partial charge in [-0.15, -0.1) is 0 Å². The van der Waals surface area contributed by atoms with Crippen LogP contribution in [0, 0.1) is 18.3 Å². The molecule has 4 aromatic rings. The Morgan fingerprint density at radius 2 is 2.04 bits per heavy atom. The second-order valence-electron chi connectivity index (χ2n) is 6.15. The van der Waals surface area contributed by atoms with Crippen molar-refractivity contribution < 1.29 is 0 Å². The molecule has 0 bridgehead atoms. The van der Waals surface area contributed by atoms with Gasteiger partial charge in [-0.05, 0) is 55.0 Å². The first kappa shape index (κ1) is 16.6. The Morgan fingerprint density at radius 1 is 1.11 bits per heavy atom. The third-order valence-electron chi connectivity index (χ3n) is 4.48. The van der Waals surface area contributed by atoms with Crippen molar-refractivity contribution in [2.75, 3.05) is 5.32 Å². The highest BCUT2D eigenvalue weighted by atomic mass is 14.9. The summed E-state index contributed by atoms with van der Waals surface area (Å²) in [5.74, 6) is 0. The minimum Gasteiger partial charge on any atom is -0.361 e. The summed E-state index contributed by atoms with van der Waals surface area (Å²) >= 11 is 0. The van der Waals surface area contributed by atoms with Gasteiger partial charge in [-0.1, -0.05) is 6.07 Å². The summed E-state index contributed by atoms with van der Waals surface area (Å²) in [4.78, 5) is 11.7. The molecular formula is C22H17N5. The van der Waals surface area contributed by atoms with Crippen molar-refractivity contribution in [3.63, 3.8) is 0 Å². The molecule has 0 aliphatic carbocycles. The lowest BCUT2D eigenvalue weighted by molar-refractivity contribution is 1.28. The van der Waals surface area contributed by atoms with Crippen molar-refractivity contribution in [1.29, 1.82) is 5.26 Å². The molecule has 3 heterocycles. The van der Waals surface area contributed by atoms with E-state index in [9.17, 15) is 5.26 Å². The van der Waals surface area contributed by atoms with E-state index in [4.69, 9.17) is 0 Å². The Bertz CT molecular complexity index is 1170. The van der Waals surface area contributed by atoms with Crippen molar-refractivity contribution in [3.8, 4) is 6.07 Å². The average Bonchev–Trinajstić information content (AvgIpc) is 3.19. The largest absolute Gasteiger partial charge is 0.361 e. The molecule has 0 saturated heterocycles. The molecule has 0 spiro atoms. The molecule has 0 fully saturated rings. The van der Waals surface area contributed by atoms with E-state index in [0.717, 1.165) is 39.1 Å². The van der Waals surface area contributed by atoms with Gasteiger partial charge in [0, 0.05) is 46.9 Å². The van der Waals surface area contributed by atoms with Crippen molar-refractivity contribution in [2.24, 2.45) is 0 Å². The summed E-state index contributed by atoms with van der Waals surface area (Å²) in [6, 6.07) is 14.1. The molecule has 0 unspecified atom stereocenters. The quantitative estimate of drug-likeness (QED) is 0.539. The molecule has 27 heavy (non-hydrogen) atoms. The van der Waals surface area contributed by atoms with Crippen LogP contribution in [0.25, 0.3) is 23.1 Å². The molecule has 0 aliphatic heterocycles. The van der Waals surface area contributed by atoms with E-state index in [-0.39, 0.29) is 0 Å². The minimum atomic E-state index is 0.492. The lowest BCUT2D eigenvalue weighted by Crippen LogP contribution is -1.99. The Hall–Kier alpha value is -3.91. The van der Waals surface area contributed by atoms with E-state index in [0.29, 0.717) is 5.56 Å².